The Balaban J connectivity index is 3.75. The minimum absolute atomic E-state index is 0.222. The highest BCUT2D eigenvalue weighted by atomic mass is 16.4. The molecule has 0 rings (SSSR count). The largest absolute Gasteiger partial charge is 0.481 e. The van der Waals surface area contributed by atoms with Crippen molar-refractivity contribution in [3.05, 3.63) is 24.3 Å². The van der Waals surface area contributed by atoms with Crippen molar-refractivity contribution in [1.82, 2.24) is 0 Å². The maximum Gasteiger partial charge on any atom is 0.306 e. The first kappa shape index (κ1) is 44.4. The van der Waals surface area contributed by atoms with Crippen molar-refractivity contribution >= 4 is 11.9 Å². The van der Waals surface area contributed by atoms with E-state index in [1.165, 1.54) is 116 Å². The maximum absolute atomic E-state index is 11.7. The van der Waals surface area contributed by atoms with Gasteiger partial charge in [-0.25, -0.2) is 0 Å². The fourth-order valence-corrected chi connectivity index (χ4v) is 6.49. The van der Waals surface area contributed by atoms with E-state index in [1.807, 2.05) is 0 Å². The van der Waals surface area contributed by atoms with Gasteiger partial charge in [-0.1, -0.05) is 167 Å². The Labute approximate surface area is 286 Å². The number of hydrogen-bond acceptors (Lipinski definition) is 2. The molecule has 270 valence electrons. The van der Waals surface area contributed by atoms with E-state index in [1.54, 1.807) is 0 Å². The lowest BCUT2D eigenvalue weighted by atomic mass is 9.92. The molecule has 4 nitrogen and oxygen atoms in total. The Morgan fingerprint density at radius 2 is 0.587 bits per heavy atom. The maximum atomic E-state index is 11.7. The fourth-order valence-electron chi connectivity index (χ4n) is 6.49. The van der Waals surface area contributed by atoms with Gasteiger partial charge in [-0.2, -0.15) is 0 Å². The monoisotopic (exact) mass is 647 g/mol. The van der Waals surface area contributed by atoms with Gasteiger partial charge < -0.3 is 10.2 Å². The molecule has 0 bridgehead atoms. The zero-order valence-corrected chi connectivity index (χ0v) is 30.8. The van der Waals surface area contributed by atoms with Crippen LogP contribution in [0.15, 0.2) is 24.3 Å². The van der Waals surface area contributed by atoms with Gasteiger partial charge in [0.05, 0.1) is 11.8 Å². The molecule has 0 fully saturated rings. The zero-order valence-electron chi connectivity index (χ0n) is 30.8. The van der Waals surface area contributed by atoms with Gasteiger partial charge in [0.2, 0.25) is 0 Å². The molecule has 0 heterocycles. The molecule has 0 radical (unpaired) electrons. The number of allylic oxidation sites excluding steroid dienone is 4. The molecule has 46 heavy (non-hydrogen) atoms. The highest BCUT2D eigenvalue weighted by molar-refractivity contribution is 5.70. The lowest BCUT2D eigenvalue weighted by Gasteiger charge is -2.13. The van der Waals surface area contributed by atoms with Crippen LogP contribution < -0.4 is 0 Å². The fraction of sp³-hybridized carbons (Fsp3) is 0.857. The number of unbranched alkanes of at least 4 members (excludes halogenated alkanes) is 23. The molecule has 0 aromatic heterocycles. The van der Waals surface area contributed by atoms with E-state index in [2.05, 4.69) is 38.2 Å². The van der Waals surface area contributed by atoms with Crippen molar-refractivity contribution in [3.63, 3.8) is 0 Å². The Morgan fingerprint density at radius 1 is 0.370 bits per heavy atom. The SMILES string of the molecule is CCCCCCCC/C=C\CCCCCCC(CCCCCCC(CCCCCC/C=C\CCCCCCCC)C(=O)O)C(=O)O. The second-order valence-corrected chi connectivity index (χ2v) is 14.1. The van der Waals surface area contributed by atoms with Gasteiger partial charge in [0.15, 0.2) is 0 Å². The summed E-state index contributed by atoms with van der Waals surface area (Å²) in [6.07, 6.45) is 46.4. The number of rotatable bonds is 37. The van der Waals surface area contributed by atoms with Crippen LogP contribution in [-0.2, 0) is 9.59 Å². The van der Waals surface area contributed by atoms with Crippen molar-refractivity contribution in [2.24, 2.45) is 11.8 Å². The lowest BCUT2D eigenvalue weighted by molar-refractivity contribution is -0.143. The Kier molecular flexibility index (Phi) is 35.0. The summed E-state index contributed by atoms with van der Waals surface area (Å²) in [6, 6.07) is 0. The van der Waals surface area contributed by atoms with Crippen molar-refractivity contribution in [3.8, 4) is 0 Å². The zero-order chi connectivity index (χ0) is 33.8. The van der Waals surface area contributed by atoms with E-state index in [-0.39, 0.29) is 11.8 Å². The van der Waals surface area contributed by atoms with Crippen LogP contribution in [0, 0.1) is 11.8 Å². The second-order valence-electron chi connectivity index (χ2n) is 14.1. The van der Waals surface area contributed by atoms with Gasteiger partial charge >= 0.3 is 11.9 Å². The number of carboxylic acids is 2. The summed E-state index contributed by atoms with van der Waals surface area (Å²) in [5, 5.41) is 19.3. The molecule has 0 aromatic rings. The second kappa shape index (κ2) is 36.3. The molecular weight excluding hydrogens is 568 g/mol. The lowest BCUT2D eigenvalue weighted by Crippen LogP contribution is -2.14. The Bertz CT molecular complexity index is 652. The number of hydrogen-bond donors (Lipinski definition) is 2. The van der Waals surface area contributed by atoms with E-state index in [0.717, 1.165) is 89.9 Å². The summed E-state index contributed by atoms with van der Waals surface area (Å²) in [4.78, 5) is 23.5. The van der Waals surface area contributed by atoms with Crippen LogP contribution >= 0.6 is 0 Å². The molecule has 2 unspecified atom stereocenters. The number of carbonyl (C=O) groups is 2. The molecule has 0 saturated carbocycles. The minimum atomic E-state index is -0.646. The smallest absolute Gasteiger partial charge is 0.306 e. The van der Waals surface area contributed by atoms with E-state index in [4.69, 9.17) is 0 Å². The van der Waals surface area contributed by atoms with Crippen LogP contribution in [0.3, 0.4) is 0 Å². The van der Waals surface area contributed by atoms with E-state index in [0.29, 0.717) is 0 Å². The quantitative estimate of drug-likeness (QED) is 0.0520. The first-order valence-corrected chi connectivity index (χ1v) is 20.3. The number of aliphatic carboxylic acids is 2. The molecule has 0 spiro atoms. The third-order valence-electron chi connectivity index (χ3n) is 9.68. The van der Waals surface area contributed by atoms with E-state index >= 15 is 0 Å². The third kappa shape index (κ3) is 32.4. The topological polar surface area (TPSA) is 74.6 Å². The average Bonchev–Trinajstić information content (AvgIpc) is 3.04. The van der Waals surface area contributed by atoms with Crippen LogP contribution in [0.5, 0.6) is 0 Å². The molecule has 4 heteroatoms. The average molecular weight is 647 g/mol. The van der Waals surface area contributed by atoms with Crippen molar-refractivity contribution < 1.29 is 19.8 Å². The molecule has 0 aromatic carbocycles. The van der Waals surface area contributed by atoms with Gasteiger partial charge in [0, 0.05) is 0 Å². The Hall–Kier alpha value is -1.58. The summed E-state index contributed by atoms with van der Waals surface area (Å²) in [5.74, 6) is -1.74. The van der Waals surface area contributed by atoms with Crippen molar-refractivity contribution in [1.29, 1.82) is 0 Å². The third-order valence-corrected chi connectivity index (χ3v) is 9.68. The summed E-state index contributed by atoms with van der Waals surface area (Å²) < 4.78 is 0. The standard InChI is InChI=1S/C42H78O4/c1-3-5-7-9-11-13-15-17-19-21-23-25-27-31-35-39(41(43)44)37-33-29-30-34-38-40(42(45)46)36-32-28-26-24-22-20-18-16-14-12-10-8-6-4-2/h17-20,39-40H,3-16,21-38H2,1-2H3,(H,43,44)(H,45,46)/b19-17-,20-18-. The molecule has 0 amide bonds. The van der Waals surface area contributed by atoms with Crippen LogP contribution in [0.4, 0.5) is 0 Å². The number of carboxylic acid groups (broad SMARTS) is 2. The molecule has 2 N–H and O–H groups in total. The molecule has 0 aliphatic heterocycles. The van der Waals surface area contributed by atoms with Crippen LogP contribution in [0.25, 0.3) is 0 Å². The highest BCUT2D eigenvalue weighted by Gasteiger charge is 2.18. The normalized spacial score (nSPS) is 13.2. The molecule has 2 atom stereocenters. The molecular formula is C42H78O4. The molecule has 0 saturated heterocycles. The summed E-state index contributed by atoms with van der Waals surface area (Å²) in [6.45, 7) is 4.52. The van der Waals surface area contributed by atoms with Gasteiger partial charge in [0.25, 0.3) is 0 Å². The van der Waals surface area contributed by atoms with Gasteiger partial charge in [0.1, 0.15) is 0 Å². The predicted octanol–water partition coefficient (Wildman–Crippen LogP) is 14.0. The molecule has 0 aliphatic carbocycles. The van der Waals surface area contributed by atoms with E-state index in [9.17, 15) is 19.8 Å². The first-order chi connectivity index (χ1) is 22.5. The highest BCUT2D eigenvalue weighted by Crippen LogP contribution is 2.22. The summed E-state index contributed by atoms with van der Waals surface area (Å²) >= 11 is 0. The van der Waals surface area contributed by atoms with Crippen LogP contribution in [-0.4, -0.2) is 22.2 Å². The van der Waals surface area contributed by atoms with Crippen LogP contribution in [0.1, 0.15) is 219 Å². The van der Waals surface area contributed by atoms with E-state index < -0.39 is 11.9 Å². The minimum Gasteiger partial charge on any atom is -0.481 e. The van der Waals surface area contributed by atoms with Crippen LogP contribution in [0.2, 0.25) is 0 Å². The van der Waals surface area contributed by atoms with Crippen molar-refractivity contribution in [2.45, 2.75) is 219 Å². The molecule has 0 aliphatic rings. The van der Waals surface area contributed by atoms with Gasteiger partial charge in [-0.3, -0.25) is 9.59 Å². The Morgan fingerprint density at radius 3 is 0.826 bits per heavy atom. The summed E-state index contributed by atoms with van der Waals surface area (Å²) in [7, 11) is 0. The summed E-state index contributed by atoms with van der Waals surface area (Å²) in [5.41, 5.74) is 0. The predicted molar refractivity (Wildman–Crippen MR) is 200 cm³/mol. The first-order valence-electron chi connectivity index (χ1n) is 20.3. The van der Waals surface area contributed by atoms with Crippen molar-refractivity contribution in [2.75, 3.05) is 0 Å². The van der Waals surface area contributed by atoms with Gasteiger partial charge in [-0.05, 0) is 77.0 Å². The van der Waals surface area contributed by atoms with Gasteiger partial charge in [-0.15, -0.1) is 0 Å².